The van der Waals surface area contributed by atoms with Gasteiger partial charge in [0.25, 0.3) is 11.8 Å². The fraction of sp³-hybridized carbons (Fsp3) is 0.350. The number of benzene rings is 1. The molecule has 1 atom stereocenters. The highest BCUT2D eigenvalue weighted by Gasteiger charge is 2.31. The summed E-state index contributed by atoms with van der Waals surface area (Å²) >= 11 is 6.51. The Balaban J connectivity index is 2.27. The van der Waals surface area contributed by atoms with Gasteiger partial charge in [-0.25, -0.2) is 0 Å². The number of thiocarbonyl (C=S) groups is 1. The highest BCUT2D eigenvalue weighted by atomic mass is 32.2. The first-order chi connectivity index (χ1) is 13.3. The van der Waals surface area contributed by atoms with E-state index < -0.39 is 6.10 Å². The molecule has 0 saturated carbocycles. The van der Waals surface area contributed by atoms with E-state index in [1.807, 2.05) is 13.0 Å². The number of rotatable bonds is 8. The fourth-order valence-corrected chi connectivity index (χ4v) is 3.80. The maximum Gasteiger partial charge on any atom is 0.266 e. The van der Waals surface area contributed by atoms with E-state index in [9.17, 15) is 9.59 Å². The normalized spacial score (nSPS) is 16.3. The Labute approximate surface area is 175 Å². The van der Waals surface area contributed by atoms with Crippen LogP contribution in [-0.2, 0) is 9.59 Å². The third kappa shape index (κ3) is 5.14. The average molecular weight is 421 g/mol. The Bertz CT molecular complexity index is 820. The lowest BCUT2D eigenvalue weighted by atomic mass is 10.1. The third-order valence-electron chi connectivity index (χ3n) is 3.84. The van der Waals surface area contributed by atoms with Crippen LogP contribution in [0.5, 0.6) is 11.5 Å². The number of hydrogen-bond acceptors (Lipinski definition) is 6. The standard InChI is InChI=1S/C20H24N2O4S2/c1-6-10-22-19(24)17(28-20(22)27)12-14-8-9-15(16(11-14)25-7-2)26-13(3)18(23)21(4)5/h6,8-9,11-13H,1,7,10H2,2-5H3/b17-12-/t13-/m1/s1. The smallest absolute Gasteiger partial charge is 0.266 e. The Morgan fingerprint density at radius 2 is 2.11 bits per heavy atom. The summed E-state index contributed by atoms with van der Waals surface area (Å²) in [5, 5.41) is 0. The van der Waals surface area contributed by atoms with Crippen molar-refractivity contribution < 1.29 is 19.1 Å². The number of hydrogen-bond donors (Lipinski definition) is 0. The molecular formula is C20H24N2O4S2. The maximum absolute atomic E-state index is 12.5. The molecular weight excluding hydrogens is 396 g/mol. The van der Waals surface area contributed by atoms with E-state index >= 15 is 0 Å². The first-order valence-corrected chi connectivity index (χ1v) is 10.0. The lowest BCUT2D eigenvalue weighted by molar-refractivity contribution is -0.135. The van der Waals surface area contributed by atoms with Crippen molar-refractivity contribution in [3.05, 3.63) is 41.3 Å². The fourth-order valence-electron chi connectivity index (χ4n) is 2.52. The van der Waals surface area contributed by atoms with Crippen molar-refractivity contribution in [1.82, 2.24) is 9.80 Å². The van der Waals surface area contributed by atoms with Crippen LogP contribution < -0.4 is 9.47 Å². The van der Waals surface area contributed by atoms with Gasteiger partial charge in [-0.2, -0.15) is 0 Å². The number of amides is 2. The summed E-state index contributed by atoms with van der Waals surface area (Å²) in [6, 6.07) is 5.33. The van der Waals surface area contributed by atoms with E-state index in [-0.39, 0.29) is 11.8 Å². The van der Waals surface area contributed by atoms with E-state index in [0.29, 0.717) is 33.9 Å². The molecule has 28 heavy (non-hydrogen) atoms. The van der Waals surface area contributed by atoms with Gasteiger partial charge >= 0.3 is 0 Å². The largest absolute Gasteiger partial charge is 0.490 e. The SMILES string of the molecule is C=CCN1C(=O)/C(=C/c2ccc(O[C@H](C)C(=O)N(C)C)c(OCC)c2)SC1=S. The Morgan fingerprint density at radius 3 is 2.71 bits per heavy atom. The molecule has 1 aliphatic heterocycles. The molecule has 1 aliphatic rings. The number of carbonyl (C=O) groups is 2. The van der Waals surface area contributed by atoms with Gasteiger partial charge in [0.15, 0.2) is 17.6 Å². The molecule has 1 fully saturated rings. The molecule has 1 aromatic carbocycles. The van der Waals surface area contributed by atoms with E-state index in [1.165, 1.54) is 21.6 Å². The van der Waals surface area contributed by atoms with Crippen molar-refractivity contribution in [2.75, 3.05) is 27.2 Å². The summed E-state index contributed by atoms with van der Waals surface area (Å²) < 4.78 is 12.0. The Morgan fingerprint density at radius 1 is 1.39 bits per heavy atom. The molecule has 6 nitrogen and oxygen atoms in total. The topological polar surface area (TPSA) is 59.1 Å². The van der Waals surface area contributed by atoms with Crippen LogP contribution in [0.4, 0.5) is 0 Å². The number of thioether (sulfide) groups is 1. The van der Waals surface area contributed by atoms with Gasteiger partial charge in [-0.05, 0) is 37.6 Å². The summed E-state index contributed by atoms with van der Waals surface area (Å²) in [4.78, 5) is 28.1. The first kappa shape index (κ1) is 22.0. The van der Waals surface area contributed by atoms with Crippen molar-refractivity contribution in [3.8, 4) is 11.5 Å². The van der Waals surface area contributed by atoms with Gasteiger partial charge in [-0.15, -0.1) is 6.58 Å². The minimum absolute atomic E-state index is 0.140. The predicted octanol–water partition coefficient (Wildman–Crippen LogP) is 3.33. The van der Waals surface area contributed by atoms with Crippen molar-refractivity contribution >= 4 is 46.2 Å². The summed E-state index contributed by atoms with van der Waals surface area (Å²) in [5.41, 5.74) is 0.779. The molecule has 0 radical (unpaired) electrons. The van der Waals surface area contributed by atoms with Crippen LogP contribution in [-0.4, -0.2) is 59.3 Å². The van der Waals surface area contributed by atoms with Crippen LogP contribution in [0.2, 0.25) is 0 Å². The maximum atomic E-state index is 12.5. The van der Waals surface area contributed by atoms with Gasteiger partial charge in [0.05, 0.1) is 11.5 Å². The second-order valence-corrected chi connectivity index (χ2v) is 7.89. The highest BCUT2D eigenvalue weighted by molar-refractivity contribution is 8.26. The zero-order valence-corrected chi connectivity index (χ0v) is 18.1. The molecule has 8 heteroatoms. The minimum atomic E-state index is -0.643. The predicted molar refractivity (Wildman–Crippen MR) is 116 cm³/mol. The first-order valence-electron chi connectivity index (χ1n) is 8.79. The van der Waals surface area contributed by atoms with Crippen LogP contribution in [0.1, 0.15) is 19.4 Å². The molecule has 0 spiro atoms. The molecule has 150 valence electrons. The van der Waals surface area contributed by atoms with Gasteiger partial charge in [-0.3, -0.25) is 14.5 Å². The molecule has 0 aliphatic carbocycles. The highest BCUT2D eigenvalue weighted by Crippen LogP contribution is 2.35. The number of ether oxygens (including phenoxy) is 2. The molecule has 1 saturated heterocycles. The lowest BCUT2D eigenvalue weighted by Gasteiger charge is -2.20. The summed E-state index contributed by atoms with van der Waals surface area (Å²) in [6.45, 7) is 8.04. The van der Waals surface area contributed by atoms with E-state index in [4.69, 9.17) is 21.7 Å². The molecule has 2 rings (SSSR count). The average Bonchev–Trinajstić information content (AvgIpc) is 2.91. The van der Waals surface area contributed by atoms with Crippen LogP contribution in [0, 0.1) is 0 Å². The number of carbonyl (C=O) groups excluding carboxylic acids is 2. The second-order valence-electron chi connectivity index (χ2n) is 6.21. The van der Waals surface area contributed by atoms with E-state index in [0.717, 1.165) is 5.56 Å². The monoisotopic (exact) mass is 420 g/mol. The molecule has 1 heterocycles. The van der Waals surface area contributed by atoms with Crippen LogP contribution >= 0.6 is 24.0 Å². The van der Waals surface area contributed by atoms with Crippen molar-refractivity contribution in [2.45, 2.75) is 20.0 Å². The van der Waals surface area contributed by atoms with Gasteiger partial charge in [-0.1, -0.05) is 36.1 Å². The molecule has 0 aromatic heterocycles. The number of likely N-dealkylation sites (N-methyl/N-ethyl adjacent to an activating group) is 1. The molecule has 1 aromatic rings. The van der Waals surface area contributed by atoms with Gasteiger partial charge < -0.3 is 14.4 Å². The molecule has 2 amide bonds. The Hall–Kier alpha value is -2.32. The second kappa shape index (κ2) is 9.75. The third-order valence-corrected chi connectivity index (χ3v) is 5.22. The van der Waals surface area contributed by atoms with Crippen molar-refractivity contribution in [3.63, 3.8) is 0 Å². The summed E-state index contributed by atoms with van der Waals surface area (Å²) in [7, 11) is 3.36. The number of nitrogens with zero attached hydrogens (tertiary/aromatic N) is 2. The minimum Gasteiger partial charge on any atom is -0.490 e. The van der Waals surface area contributed by atoms with Gasteiger partial charge in [0.1, 0.15) is 4.32 Å². The van der Waals surface area contributed by atoms with E-state index in [1.54, 1.807) is 45.3 Å². The van der Waals surface area contributed by atoms with Crippen molar-refractivity contribution in [2.24, 2.45) is 0 Å². The Kier molecular flexibility index (Phi) is 7.65. The van der Waals surface area contributed by atoms with Crippen LogP contribution in [0.15, 0.2) is 35.8 Å². The zero-order valence-electron chi connectivity index (χ0n) is 16.4. The zero-order chi connectivity index (χ0) is 20.8. The molecule has 0 N–H and O–H groups in total. The quantitative estimate of drug-likeness (QED) is 0.365. The summed E-state index contributed by atoms with van der Waals surface area (Å²) in [6.07, 6.45) is 2.77. The molecule has 0 bridgehead atoms. The van der Waals surface area contributed by atoms with Gasteiger partial charge in [0.2, 0.25) is 0 Å². The van der Waals surface area contributed by atoms with Crippen LogP contribution in [0.3, 0.4) is 0 Å². The lowest BCUT2D eigenvalue weighted by Crippen LogP contribution is -2.35. The van der Waals surface area contributed by atoms with E-state index in [2.05, 4.69) is 6.58 Å². The van der Waals surface area contributed by atoms with Gasteiger partial charge in [0, 0.05) is 20.6 Å². The van der Waals surface area contributed by atoms with Crippen molar-refractivity contribution in [1.29, 1.82) is 0 Å². The summed E-state index contributed by atoms with van der Waals surface area (Å²) in [5.74, 6) is 0.702. The van der Waals surface area contributed by atoms with Crippen LogP contribution in [0.25, 0.3) is 6.08 Å². The molecule has 0 unspecified atom stereocenters.